The summed E-state index contributed by atoms with van der Waals surface area (Å²) < 4.78 is 20.8. The zero-order chi connectivity index (χ0) is 32.3. The van der Waals surface area contributed by atoms with Crippen molar-refractivity contribution in [3.63, 3.8) is 0 Å². The number of fused-ring (bicyclic) bond motifs is 3. The fourth-order valence-electron chi connectivity index (χ4n) is 7.56. The van der Waals surface area contributed by atoms with Crippen molar-refractivity contribution in [3.05, 3.63) is 77.4 Å². The largest absolute Gasteiger partial charge is 0.374 e. The highest BCUT2D eigenvalue weighted by Crippen LogP contribution is 2.42. The SMILES string of the molecule is Cc1n[nH]c(C)c1-c1ccc(NC(=O)[C@@H](NC(=O)C2(F)CC2)[C@@H]2CCCc3ccc(-c4cc(N5C[C@@H]6C[C@H]5CO6)ncn4)cc32)cc1. The number of hydrogen-bond acceptors (Lipinski definition) is 7. The number of amides is 2. The highest BCUT2D eigenvalue weighted by atomic mass is 19.1. The molecule has 10 nitrogen and oxygen atoms in total. The van der Waals surface area contributed by atoms with E-state index in [0.29, 0.717) is 24.8 Å². The number of carbonyl (C=O) groups excluding carboxylic acids is 2. The zero-order valence-electron chi connectivity index (χ0n) is 26.6. The Bertz CT molecular complexity index is 1830. The van der Waals surface area contributed by atoms with Crippen LogP contribution in [0.1, 0.15) is 60.5 Å². The van der Waals surface area contributed by atoms with Gasteiger partial charge in [0.25, 0.3) is 5.91 Å². The van der Waals surface area contributed by atoms with Gasteiger partial charge in [0, 0.05) is 41.0 Å². The molecule has 1 saturated carbocycles. The number of morpholine rings is 1. The van der Waals surface area contributed by atoms with Crippen LogP contribution in [0, 0.1) is 13.8 Å². The number of alkyl halides is 1. The van der Waals surface area contributed by atoms with E-state index in [9.17, 15) is 14.0 Å². The van der Waals surface area contributed by atoms with Crippen LogP contribution in [-0.4, -0.2) is 69.0 Å². The minimum Gasteiger partial charge on any atom is -0.374 e. The molecule has 2 aromatic carbocycles. The van der Waals surface area contributed by atoms with E-state index in [1.54, 1.807) is 6.33 Å². The summed E-state index contributed by atoms with van der Waals surface area (Å²) in [5.74, 6) is -0.545. The summed E-state index contributed by atoms with van der Waals surface area (Å²) in [7, 11) is 0. The number of aryl methyl sites for hydroxylation is 3. The Labute approximate surface area is 272 Å². The molecule has 2 aliphatic carbocycles. The van der Waals surface area contributed by atoms with Gasteiger partial charge in [-0.1, -0.05) is 24.3 Å². The Morgan fingerprint density at radius 1 is 1.09 bits per heavy atom. The number of aromatic amines is 1. The summed E-state index contributed by atoms with van der Waals surface area (Å²) in [4.78, 5) is 38.6. The fourth-order valence-corrected chi connectivity index (χ4v) is 7.56. The van der Waals surface area contributed by atoms with Gasteiger partial charge in [-0.15, -0.1) is 0 Å². The monoisotopic (exact) mass is 635 g/mol. The summed E-state index contributed by atoms with van der Waals surface area (Å²) in [6.45, 7) is 5.46. The topological polar surface area (TPSA) is 125 Å². The molecule has 242 valence electrons. The lowest BCUT2D eigenvalue weighted by molar-refractivity contribution is -0.131. The van der Waals surface area contributed by atoms with Gasteiger partial charge >= 0.3 is 0 Å². The first-order chi connectivity index (χ1) is 22.8. The van der Waals surface area contributed by atoms with E-state index in [-0.39, 0.29) is 30.8 Å². The quantitative estimate of drug-likeness (QED) is 0.244. The number of carbonyl (C=O) groups is 2. The third kappa shape index (κ3) is 5.56. The van der Waals surface area contributed by atoms with E-state index >= 15 is 0 Å². The number of nitrogens with one attached hydrogen (secondary N) is 3. The molecule has 3 N–H and O–H groups in total. The second-order valence-electron chi connectivity index (χ2n) is 13.5. The Kier molecular flexibility index (Phi) is 7.31. The molecule has 4 aromatic rings. The first-order valence-corrected chi connectivity index (χ1v) is 16.5. The minimum absolute atomic E-state index is 0.174. The number of H-pyrrole nitrogens is 1. The van der Waals surface area contributed by atoms with E-state index < -0.39 is 17.6 Å². The molecule has 0 radical (unpaired) electrons. The van der Waals surface area contributed by atoms with Crippen molar-refractivity contribution in [2.24, 2.45) is 0 Å². The van der Waals surface area contributed by atoms with Crippen LogP contribution in [0.15, 0.2) is 54.9 Å². The molecule has 2 aromatic heterocycles. The predicted octanol–water partition coefficient (Wildman–Crippen LogP) is 5.17. The first-order valence-electron chi connectivity index (χ1n) is 16.5. The van der Waals surface area contributed by atoms with Gasteiger partial charge in [-0.3, -0.25) is 14.7 Å². The second-order valence-corrected chi connectivity index (χ2v) is 13.5. The summed E-state index contributed by atoms with van der Waals surface area (Å²) in [6.07, 6.45) is 5.61. The summed E-state index contributed by atoms with van der Waals surface area (Å²) >= 11 is 0. The van der Waals surface area contributed by atoms with E-state index in [2.05, 4.69) is 53.9 Å². The Hall–Kier alpha value is -4.64. The smallest absolute Gasteiger partial charge is 0.258 e. The number of rotatable bonds is 8. The van der Waals surface area contributed by atoms with Crippen LogP contribution < -0.4 is 15.5 Å². The molecule has 11 heteroatoms. The molecule has 2 saturated heterocycles. The highest BCUT2D eigenvalue weighted by Gasteiger charge is 2.52. The second kappa shape index (κ2) is 11.6. The van der Waals surface area contributed by atoms with Gasteiger partial charge in [0.2, 0.25) is 5.91 Å². The van der Waals surface area contributed by atoms with E-state index in [4.69, 9.17) is 4.74 Å². The number of nitrogens with zero attached hydrogens (tertiary/aromatic N) is 4. The van der Waals surface area contributed by atoms with Crippen LogP contribution in [0.2, 0.25) is 0 Å². The van der Waals surface area contributed by atoms with Crippen LogP contribution in [0.4, 0.5) is 15.9 Å². The number of ether oxygens (including phenoxy) is 1. The highest BCUT2D eigenvalue weighted by molar-refractivity contribution is 6.00. The van der Waals surface area contributed by atoms with Gasteiger partial charge in [-0.05, 0) is 87.3 Å². The maximum atomic E-state index is 15.0. The molecule has 4 aliphatic rings. The molecule has 2 aliphatic heterocycles. The van der Waals surface area contributed by atoms with Crippen molar-refractivity contribution in [1.82, 2.24) is 25.5 Å². The van der Waals surface area contributed by atoms with Crippen LogP contribution in [0.3, 0.4) is 0 Å². The van der Waals surface area contributed by atoms with Gasteiger partial charge in [-0.2, -0.15) is 5.10 Å². The lowest BCUT2D eigenvalue weighted by atomic mass is 9.77. The average molecular weight is 636 g/mol. The van der Waals surface area contributed by atoms with E-state index in [0.717, 1.165) is 76.5 Å². The standard InChI is InChI=1S/C36H38FN7O3/c1-20-32(21(2)43-42-20)23-8-10-25(11-9-23)40-34(45)33(41-35(46)36(37)12-13-36)28-5-3-4-22-6-7-24(14-29(22)28)30-16-31(39-19-38-30)44-17-27-15-26(44)18-47-27/h6-11,14,16,19,26-28,33H,3-5,12-13,15,17-18H2,1-2H3,(H,40,45)(H,41,46)(H,42,43)/t26-,27-,28+,33-/m0/s1. The third-order valence-corrected chi connectivity index (χ3v) is 10.3. The van der Waals surface area contributed by atoms with Gasteiger partial charge in [0.1, 0.15) is 18.2 Å². The molecule has 4 heterocycles. The number of anilines is 2. The van der Waals surface area contributed by atoms with Crippen molar-refractivity contribution in [2.75, 3.05) is 23.4 Å². The van der Waals surface area contributed by atoms with Crippen molar-refractivity contribution in [1.29, 1.82) is 0 Å². The number of benzene rings is 2. The Morgan fingerprint density at radius 2 is 1.89 bits per heavy atom. The predicted molar refractivity (Wildman–Crippen MR) is 176 cm³/mol. The van der Waals surface area contributed by atoms with E-state index in [1.165, 1.54) is 0 Å². The molecule has 2 bridgehead atoms. The van der Waals surface area contributed by atoms with Gasteiger partial charge in [0.15, 0.2) is 5.67 Å². The molecule has 2 amide bonds. The zero-order valence-corrected chi connectivity index (χ0v) is 26.6. The normalized spacial score (nSPS) is 22.9. The molecule has 47 heavy (non-hydrogen) atoms. The molecule has 4 atom stereocenters. The number of aromatic nitrogens is 4. The molecular formula is C36H38FN7O3. The van der Waals surface area contributed by atoms with Crippen molar-refractivity contribution >= 4 is 23.3 Å². The Morgan fingerprint density at radius 3 is 2.60 bits per heavy atom. The van der Waals surface area contributed by atoms with Crippen LogP contribution in [-0.2, 0) is 20.7 Å². The van der Waals surface area contributed by atoms with Crippen LogP contribution in [0.25, 0.3) is 22.4 Å². The minimum atomic E-state index is -1.91. The lowest BCUT2D eigenvalue weighted by Gasteiger charge is -2.33. The maximum absolute atomic E-state index is 15.0. The Balaban J connectivity index is 1.08. The molecular weight excluding hydrogens is 597 g/mol. The number of hydrogen-bond donors (Lipinski definition) is 3. The van der Waals surface area contributed by atoms with Crippen LogP contribution >= 0.6 is 0 Å². The van der Waals surface area contributed by atoms with E-state index in [1.807, 2.05) is 44.2 Å². The first kappa shape index (κ1) is 29.7. The third-order valence-electron chi connectivity index (χ3n) is 10.3. The van der Waals surface area contributed by atoms with Crippen molar-refractivity contribution in [2.45, 2.75) is 82.1 Å². The van der Waals surface area contributed by atoms with Crippen molar-refractivity contribution < 1.29 is 18.7 Å². The number of halogens is 1. The van der Waals surface area contributed by atoms with Gasteiger partial charge in [-0.25, -0.2) is 14.4 Å². The maximum Gasteiger partial charge on any atom is 0.258 e. The summed E-state index contributed by atoms with van der Waals surface area (Å²) in [5, 5.41) is 13.1. The molecule has 0 unspecified atom stereocenters. The van der Waals surface area contributed by atoms with Gasteiger partial charge in [0.05, 0.1) is 30.1 Å². The fraction of sp³-hybridized carbons (Fsp3) is 0.417. The van der Waals surface area contributed by atoms with Crippen LogP contribution in [0.5, 0.6) is 0 Å². The lowest BCUT2D eigenvalue weighted by Crippen LogP contribution is -2.51. The molecule has 3 fully saturated rings. The average Bonchev–Trinajstić information content (AvgIpc) is 3.37. The van der Waals surface area contributed by atoms with Crippen molar-refractivity contribution in [3.8, 4) is 22.4 Å². The summed E-state index contributed by atoms with van der Waals surface area (Å²) in [5.41, 5.74) is 6.37. The summed E-state index contributed by atoms with van der Waals surface area (Å²) in [6, 6.07) is 15.2. The molecule has 8 rings (SSSR count). The van der Waals surface area contributed by atoms with Gasteiger partial charge < -0.3 is 20.3 Å². The molecule has 0 spiro atoms.